The number of rotatable bonds is 4. The van der Waals surface area contributed by atoms with E-state index in [0.29, 0.717) is 5.65 Å². The quantitative estimate of drug-likeness (QED) is 0.355. The smallest absolute Gasteiger partial charge is 0.267 e. The average molecular weight is 485 g/mol. The number of aromatic nitrogens is 3. The van der Waals surface area contributed by atoms with Gasteiger partial charge in [-0.3, -0.25) is 14.6 Å². The Morgan fingerprint density at radius 2 is 1.90 bits per heavy atom. The first-order chi connectivity index (χ1) is 14.3. The number of benzene rings is 1. The first-order valence-electron chi connectivity index (χ1n) is 8.97. The van der Waals surface area contributed by atoms with E-state index in [1.54, 1.807) is 24.4 Å². The fourth-order valence-corrected chi connectivity index (χ4v) is 4.97. The molecule has 0 aliphatic heterocycles. The monoisotopic (exact) mass is 484 g/mol. The third-order valence-corrected chi connectivity index (χ3v) is 7.14. The fraction of sp³-hybridized carbons (Fsp3) is 0.0952. The largest absolute Gasteiger partial charge is 0.306 e. The molecule has 0 saturated heterocycles. The lowest BCUT2D eigenvalue weighted by molar-refractivity contribution is 0.591. The fourth-order valence-electron chi connectivity index (χ4n) is 3.32. The number of sulfone groups is 1. The van der Waals surface area contributed by atoms with Crippen LogP contribution in [0.3, 0.4) is 0 Å². The summed E-state index contributed by atoms with van der Waals surface area (Å²) in [5.74, 6) is 0. The number of hydrogen-bond donors (Lipinski definition) is 1. The van der Waals surface area contributed by atoms with E-state index in [1.165, 1.54) is 33.2 Å². The van der Waals surface area contributed by atoms with Crippen LogP contribution in [0, 0.1) is 12.3 Å². The van der Waals surface area contributed by atoms with Crippen LogP contribution in [0.4, 0.5) is 0 Å². The highest BCUT2D eigenvalue weighted by atomic mass is 79.9. The molecular weight excluding hydrogens is 468 g/mol. The van der Waals surface area contributed by atoms with Crippen LogP contribution in [0.5, 0.6) is 0 Å². The zero-order valence-corrected chi connectivity index (χ0v) is 18.4. The van der Waals surface area contributed by atoms with Crippen molar-refractivity contribution >= 4 is 42.4 Å². The molecule has 0 unspecified atom stereocenters. The molecule has 3 heterocycles. The molecule has 7 nitrogen and oxygen atoms in total. The minimum absolute atomic E-state index is 0.0356. The van der Waals surface area contributed by atoms with Crippen molar-refractivity contribution in [2.45, 2.75) is 23.3 Å². The molecule has 0 aliphatic carbocycles. The van der Waals surface area contributed by atoms with Gasteiger partial charge in [-0.15, -0.1) is 6.58 Å². The van der Waals surface area contributed by atoms with E-state index in [1.807, 2.05) is 13.0 Å². The number of fused-ring (bicyclic) bond motifs is 2. The van der Waals surface area contributed by atoms with E-state index >= 15 is 0 Å². The van der Waals surface area contributed by atoms with Gasteiger partial charge in [-0.25, -0.2) is 13.4 Å². The number of halogens is 1. The van der Waals surface area contributed by atoms with Crippen LogP contribution < -0.4 is 11.0 Å². The predicted octanol–water partition coefficient (Wildman–Crippen LogP) is 3.22. The highest BCUT2D eigenvalue weighted by molar-refractivity contribution is 9.10. The molecular formula is C21H17BrN4O3S. The van der Waals surface area contributed by atoms with Crippen molar-refractivity contribution in [3.63, 3.8) is 0 Å². The van der Waals surface area contributed by atoms with Crippen molar-refractivity contribution in [3.05, 3.63) is 87.2 Å². The molecule has 4 aromatic rings. The van der Waals surface area contributed by atoms with Crippen LogP contribution in [-0.2, 0) is 16.4 Å². The standard InChI is InChI=1S/C21H17BrN4O3S/c1-3-10-25-18(23)17(30(28,29)15-8-6-14(22)7-9-15)12-16-20(25)24-19-13(2)5-4-11-26(19)21(16)27/h3-9,11-12,23H,1,10H2,2H3. The first kappa shape index (κ1) is 20.2. The second-order valence-corrected chi connectivity index (χ2v) is 9.59. The van der Waals surface area contributed by atoms with Crippen LogP contribution in [0.2, 0.25) is 0 Å². The van der Waals surface area contributed by atoms with Crippen molar-refractivity contribution in [1.29, 1.82) is 5.41 Å². The predicted molar refractivity (Wildman–Crippen MR) is 117 cm³/mol. The molecule has 3 aromatic heterocycles. The summed E-state index contributed by atoms with van der Waals surface area (Å²) in [6.07, 6.45) is 3.13. The zero-order valence-electron chi connectivity index (χ0n) is 16.0. The maximum Gasteiger partial charge on any atom is 0.267 e. The highest BCUT2D eigenvalue weighted by Gasteiger charge is 2.24. The first-order valence-corrected chi connectivity index (χ1v) is 11.2. The number of nitrogens with one attached hydrogen (secondary N) is 1. The molecule has 0 saturated carbocycles. The lowest BCUT2D eigenvalue weighted by Gasteiger charge is -2.14. The van der Waals surface area contributed by atoms with E-state index in [0.717, 1.165) is 10.0 Å². The third kappa shape index (κ3) is 3.10. The topological polar surface area (TPSA) is 97.3 Å². The Balaban J connectivity index is 2.16. The van der Waals surface area contributed by atoms with Gasteiger partial charge in [0.25, 0.3) is 5.56 Å². The van der Waals surface area contributed by atoms with Crippen LogP contribution in [-0.4, -0.2) is 22.4 Å². The van der Waals surface area contributed by atoms with E-state index in [4.69, 9.17) is 5.41 Å². The van der Waals surface area contributed by atoms with Crippen molar-refractivity contribution < 1.29 is 8.42 Å². The molecule has 1 aromatic carbocycles. The molecule has 1 N–H and O–H groups in total. The lowest BCUT2D eigenvalue weighted by atomic mass is 10.2. The Labute approximate surface area is 180 Å². The molecule has 9 heteroatoms. The molecule has 0 atom stereocenters. The molecule has 0 aliphatic rings. The molecule has 0 amide bonds. The van der Waals surface area contributed by atoms with E-state index in [-0.39, 0.29) is 32.9 Å². The van der Waals surface area contributed by atoms with Crippen LogP contribution >= 0.6 is 15.9 Å². The van der Waals surface area contributed by atoms with Crippen LogP contribution in [0.25, 0.3) is 16.7 Å². The van der Waals surface area contributed by atoms with Crippen molar-refractivity contribution in [1.82, 2.24) is 14.0 Å². The van der Waals surface area contributed by atoms with E-state index in [9.17, 15) is 13.2 Å². The summed E-state index contributed by atoms with van der Waals surface area (Å²) in [6, 6.07) is 10.9. The summed E-state index contributed by atoms with van der Waals surface area (Å²) in [4.78, 5) is 17.5. The summed E-state index contributed by atoms with van der Waals surface area (Å²) in [5.41, 5.74) is 0.836. The number of nitrogens with zero attached hydrogens (tertiary/aromatic N) is 3. The molecule has 4 rings (SSSR count). The van der Waals surface area contributed by atoms with Gasteiger partial charge in [0.05, 0.1) is 10.3 Å². The third-order valence-electron chi connectivity index (χ3n) is 4.82. The van der Waals surface area contributed by atoms with Crippen molar-refractivity contribution in [2.75, 3.05) is 0 Å². The Hall–Kier alpha value is -3.04. The lowest BCUT2D eigenvalue weighted by Crippen LogP contribution is -2.29. The van der Waals surface area contributed by atoms with Gasteiger partial charge >= 0.3 is 0 Å². The van der Waals surface area contributed by atoms with Crippen LogP contribution in [0.15, 0.2) is 80.4 Å². The Morgan fingerprint density at radius 1 is 1.20 bits per heavy atom. The Kier molecular flexibility index (Phi) is 4.95. The summed E-state index contributed by atoms with van der Waals surface area (Å²) in [6.45, 7) is 5.66. The minimum atomic E-state index is -4.04. The number of hydrogen-bond acceptors (Lipinski definition) is 5. The maximum absolute atomic E-state index is 13.3. The molecule has 0 fully saturated rings. The Morgan fingerprint density at radius 3 is 2.57 bits per heavy atom. The Bertz CT molecular complexity index is 1550. The molecule has 0 bridgehead atoms. The van der Waals surface area contributed by atoms with E-state index < -0.39 is 15.4 Å². The minimum Gasteiger partial charge on any atom is -0.306 e. The van der Waals surface area contributed by atoms with Gasteiger partial charge in [0, 0.05) is 17.2 Å². The maximum atomic E-state index is 13.3. The van der Waals surface area contributed by atoms with Crippen molar-refractivity contribution in [3.8, 4) is 0 Å². The van der Waals surface area contributed by atoms with Gasteiger partial charge in [0.1, 0.15) is 21.7 Å². The molecule has 0 radical (unpaired) electrons. The highest BCUT2D eigenvalue weighted by Crippen LogP contribution is 2.22. The van der Waals surface area contributed by atoms with Crippen LogP contribution in [0.1, 0.15) is 5.56 Å². The molecule has 30 heavy (non-hydrogen) atoms. The summed E-state index contributed by atoms with van der Waals surface area (Å²) >= 11 is 3.29. The number of allylic oxidation sites excluding steroid dienone is 1. The van der Waals surface area contributed by atoms with Gasteiger partial charge < -0.3 is 4.57 Å². The van der Waals surface area contributed by atoms with Gasteiger partial charge in [0.2, 0.25) is 9.84 Å². The summed E-state index contributed by atoms with van der Waals surface area (Å²) in [5, 5.41) is 8.71. The number of aryl methyl sites for hydroxylation is 1. The molecule has 152 valence electrons. The summed E-state index contributed by atoms with van der Waals surface area (Å²) < 4.78 is 30.1. The van der Waals surface area contributed by atoms with Gasteiger partial charge in [0.15, 0.2) is 0 Å². The van der Waals surface area contributed by atoms with Gasteiger partial charge in [-0.05, 0) is 48.9 Å². The van der Waals surface area contributed by atoms with Gasteiger partial charge in [-0.1, -0.05) is 28.1 Å². The second kappa shape index (κ2) is 7.33. The number of pyridine rings is 2. The van der Waals surface area contributed by atoms with Gasteiger partial charge in [-0.2, -0.15) is 0 Å². The SMILES string of the molecule is C=CCn1c(=N)c(S(=O)(=O)c2ccc(Br)cc2)cc2c(=O)n3cccc(C)c3nc21. The van der Waals surface area contributed by atoms with Crippen molar-refractivity contribution in [2.24, 2.45) is 0 Å². The average Bonchev–Trinajstić information content (AvgIpc) is 2.71. The zero-order chi connectivity index (χ0) is 21.6. The second-order valence-electron chi connectivity index (χ2n) is 6.75. The molecule has 0 spiro atoms. The normalized spacial score (nSPS) is 11.8. The van der Waals surface area contributed by atoms with E-state index in [2.05, 4.69) is 27.5 Å². The summed E-state index contributed by atoms with van der Waals surface area (Å²) in [7, 11) is -4.04.